The summed E-state index contributed by atoms with van der Waals surface area (Å²) >= 11 is 0. The summed E-state index contributed by atoms with van der Waals surface area (Å²) in [6, 6.07) is 10.2. The van der Waals surface area contributed by atoms with Crippen LogP contribution in [0, 0.1) is 0 Å². The van der Waals surface area contributed by atoms with Gasteiger partial charge in [0.05, 0.1) is 6.54 Å². The van der Waals surface area contributed by atoms with Gasteiger partial charge in [-0.3, -0.25) is 4.79 Å². The van der Waals surface area contributed by atoms with Crippen LogP contribution in [0.1, 0.15) is 44.9 Å². The van der Waals surface area contributed by atoms with Crippen molar-refractivity contribution in [1.82, 2.24) is 5.32 Å². The van der Waals surface area contributed by atoms with Gasteiger partial charge in [0.25, 0.3) is 0 Å². The van der Waals surface area contributed by atoms with E-state index in [1.807, 2.05) is 30.3 Å². The highest BCUT2D eigenvalue weighted by atomic mass is 35.5. The zero-order valence-electron chi connectivity index (χ0n) is 11.9. The van der Waals surface area contributed by atoms with Crippen molar-refractivity contribution >= 4 is 24.0 Å². The predicted molar refractivity (Wildman–Crippen MR) is 86.4 cm³/mol. The van der Waals surface area contributed by atoms with Crippen LogP contribution in [0.15, 0.2) is 30.3 Å². The van der Waals surface area contributed by atoms with Crippen LogP contribution in [0.4, 0.5) is 5.69 Å². The fourth-order valence-electron chi connectivity index (χ4n) is 2.62. The molecule has 1 saturated carbocycles. The van der Waals surface area contributed by atoms with Crippen molar-refractivity contribution < 1.29 is 4.79 Å². The van der Waals surface area contributed by atoms with Gasteiger partial charge in [-0.2, -0.15) is 0 Å². The molecule has 1 fully saturated rings. The number of amides is 1. The van der Waals surface area contributed by atoms with Crippen molar-refractivity contribution in [2.45, 2.75) is 51.0 Å². The third-order valence-electron chi connectivity index (χ3n) is 3.70. The number of benzene rings is 1. The summed E-state index contributed by atoms with van der Waals surface area (Å²) in [6.45, 7) is 0.362. The monoisotopic (exact) mass is 296 g/mol. The van der Waals surface area contributed by atoms with Crippen LogP contribution in [-0.2, 0) is 4.79 Å². The lowest BCUT2D eigenvalue weighted by Gasteiger charge is -2.21. The Morgan fingerprint density at radius 3 is 2.25 bits per heavy atom. The van der Waals surface area contributed by atoms with Gasteiger partial charge in [0.1, 0.15) is 0 Å². The molecule has 0 atom stereocenters. The van der Waals surface area contributed by atoms with E-state index in [1.165, 1.54) is 32.1 Å². The van der Waals surface area contributed by atoms with E-state index < -0.39 is 0 Å². The maximum absolute atomic E-state index is 11.9. The maximum atomic E-state index is 11.9. The molecule has 0 unspecified atom stereocenters. The molecule has 0 radical (unpaired) electrons. The van der Waals surface area contributed by atoms with Crippen LogP contribution in [0.25, 0.3) is 0 Å². The van der Waals surface area contributed by atoms with E-state index in [1.54, 1.807) is 0 Å². The fourth-order valence-corrected chi connectivity index (χ4v) is 2.62. The molecule has 1 aromatic rings. The van der Waals surface area contributed by atoms with E-state index in [4.69, 9.17) is 0 Å². The van der Waals surface area contributed by atoms with Crippen molar-refractivity contribution in [1.29, 1.82) is 0 Å². The zero-order chi connectivity index (χ0) is 13.3. The van der Waals surface area contributed by atoms with E-state index in [2.05, 4.69) is 10.6 Å². The number of nitrogens with one attached hydrogen (secondary N) is 2. The minimum atomic E-state index is 0. The van der Waals surface area contributed by atoms with Crippen molar-refractivity contribution in [2.24, 2.45) is 0 Å². The third kappa shape index (κ3) is 6.29. The first-order valence-corrected chi connectivity index (χ1v) is 7.43. The molecule has 0 aliphatic heterocycles. The standard InChI is InChI=1S/C16H24N2O.ClH/c19-16(13-17-14-9-7-4-8-10-14)18-15-11-5-2-1-3-6-12-15;/h4,7-10,15,17H,1-3,5-6,11-13H2,(H,18,19);1H. The maximum Gasteiger partial charge on any atom is 0.239 e. The van der Waals surface area contributed by atoms with Crippen molar-refractivity contribution in [3.63, 3.8) is 0 Å². The van der Waals surface area contributed by atoms with Gasteiger partial charge >= 0.3 is 0 Å². The largest absolute Gasteiger partial charge is 0.376 e. The molecule has 0 aromatic heterocycles. The predicted octanol–water partition coefficient (Wildman–Crippen LogP) is 3.75. The molecule has 0 bridgehead atoms. The van der Waals surface area contributed by atoms with Gasteiger partial charge in [-0.25, -0.2) is 0 Å². The summed E-state index contributed by atoms with van der Waals surface area (Å²) in [5.74, 6) is 0.106. The minimum absolute atomic E-state index is 0. The first-order valence-electron chi connectivity index (χ1n) is 7.43. The Bertz CT molecular complexity index is 375. The second-order valence-electron chi connectivity index (χ2n) is 5.33. The van der Waals surface area contributed by atoms with Gasteiger partial charge in [0.15, 0.2) is 0 Å². The highest BCUT2D eigenvalue weighted by Gasteiger charge is 2.13. The second kappa shape index (κ2) is 9.65. The smallest absolute Gasteiger partial charge is 0.239 e. The van der Waals surface area contributed by atoms with Gasteiger partial charge in [0, 0.05) is 11.7 Å². The molecule has 2 N–H and O–H groups in total. The quantitative estimate of drug-likeness (QED) is 0.888. The van der Waals surface area contributed by atoms with E-state index in [0.29, 0.717) is 12.6 Å². The summed E-state index contributed by atoms with van der Waals surface area (Å²) in [4.78, 5) is 11.9. The summed E-state index contributed by atoms with van der Waals surface area (Å²) < 4.78 is 0. The summed E-state index contributed by atoms with van der Waals surface area (Å²) in [6.07, 6.45) is 8.75. The molecule has 3 nitrogen and oxygen atoms in total. The Morgan fingerprint density at radius 2 is 1.60 bits per heavy atom. The molecule has 0 heterocycles. The lowest BCUT2D eigenvalue weighted by atomic mass is 9.97. The number of hydrogen-bond donors (Lipinski definition) is 2. The number of para-hydroxylation sites is 1. The highest BCUT2D eigenvalue weighted by molar-refractivity contribution is 5.85. The molecule has 1 aliphatic carbocycles. The fraction of sp³-hybridized carbons (Fsp3) is 0.562. The number of carbonyl (C=O) groups is 1. The molecular formula is C16H25ClN2O. The number of rotatable bonds is 4. The Labute approximate surface area is 127 Å². The van der Waals surface area contributed by atoms with Crippen LogP contribution in [0.3, 0.4) is 0 Å². The number of anilines is 1. The summed E-state index contributed by atoms with van der Waals surface area (Å²) in [5, 5.41) is 6.31. The topological polar surface area (TPSA) is 41.1 Å². The SMILES string of the molecule is Cl.O=C(CNc1ccccc1)NC1CCCCCCC1. The highest BCUT2D eigenvalue weighted by Crippen LogP contribution is 2.17. The first kappa shape index (κ1) is 16.8. The van der Waals surface area contributed by atoms with E-state index >= 15 is 0 Å². The molecule has 1 aromatic carbocycles. The summed E-state index contributed by atoms with van der Waals surface area (Å²) in [5.41, 5.74) is 0.996. The van der Waals surface area contributed by atoms with Gasteiger partial charge in [-0.05, 0) is 25.0 Å². The van der Waals surface area contributed by atoms with Gasteiger partial charge in [0.2, 0.25) is 5.91 Å². The molecule has 2 rings (SSSR count). The molecule has 4 heteroatoms. The van der Waals surface area contributed by atoms with Crippen LogP contribution >= 0.6 is 12.4 Å². The molecule has 112 valence electrons. The zero-order valence-corrected chi connectivity index (χ0v) is 12.8. The average molecular weight is 297 g/mol. The van der Waals surface area contributed by atoms with Crippen LogP contribution in [-0.4, -0.2) is 18.5 Å². The lowest BCUT2D eigenvalue weighted by molar-refractivity contribution is -0.120. The lowest BCUT2D eigenvalue weighted by Crippen LogP contribution is -2.38. The Kier molecular flexibility index (Phi) is 8.12. The average Bonchev–Trinajstić information content (AvgIpc) is 2.41. The Balaban J connectivity index is 0.00000200. The third-order valence-corrected chi connectivity index (χ3v) is 3.70. The number of carbonyl (C=O) groups excluding carboxylic acids is 1. The molecule has 1 aliphatic rings. The number of hydrogen-bond acceptors (Lipinski definition) is 2. The van der Waals surface area contributed by atoms with E-state index in [0.717, 1.165) is 18.5 Å². The minimum Gasteiger partial charge on any atom is -0.376 e. The van der Waals surface area contributed by atoms with Crippen LogP contribution in [0.5, 0.6) is 0 Å². The molecule has 1 amide bonds. The molecule has 0 saturated heterocycles. The Hall–Kier alpha value is -1.22. The molecule has 20 heavy (non-hydrogen) atoms. The summed E-state index contributed by atoms with van der Waals surface area (Å²) in [7, 11) is 0. The normalized spacial score (nSPS) is 16.4. The van der Waals surface area contributed by atoms with Crippen molar-refractivity contribution in [2.75, 3.05) is 11.9 Å². The second-order valence-corrected chi connectivity index (χ2v) is 5.33. The van der Waals surface area contributed by atoms with Crippen LogP contribution in [0.2, 0.25) is 0 Å². The van der Waals surface area contributed by atoms with Gasteiger partial charge < -0.3 is 10.6 Å². The van der Waals surface area contributed by atoms with Crippen molar-refractivity contribution in [3.8, 4) is 0 Å². The molecule has 0 spiro atoms. The van der Waals surface area contributed by atoms with Crippen molar-refractivity contribution in [3.05, 3.63) is 30.3 Å². The van der Waals surface area contributed by atoms with E-state index in [9.17, 15) is 4.79 Å². The first-order chi connectivity index (χ1) is 9.34. The Morgan fingerprint density at radius 1 is 1.00 bits per heavy atom. The van der Waals surface area contributed by atoms with Crippen LogP contribution < -0.4 is 10.6 Å². The molecular weight excluding hydrogens is 272 g/mol. The van der Waals surface area contributed by atoms with Gasteiger partial charge in [-0.1, -0.05) is 50.3 Å². The number of halogens is 1. The van der Waals surface area contributed by atoms with E-state index in [-0.39, 0.29) is 18.3 Å². The van der Waals surface area contributed by atoms with Gasteiger partial charge in [-0.15, -0.1) is 12.4 Å².